The molecule has 0 radical (unpaired) electrons. The van der Waals surface area contributed by atoms with Crippen molar-refractivity contribution in [2.75, 3.05) is 5.32 Å². The van der Waals surface area contributed by atoms with E-state index in [0.717, 1.165) is 25.1 Å². The van der Waals surface area contributed by atoms with Crippen molar-refractivity contribution in [3.8, 4) is 0 Å². The molecule has 8 heteroatoms. The zero-order valence-electron chi connectivity index (χ0n) is 12.7. The molecule has 0 spiro atoms. The molecule has 0 unspecified atom stereocenters. The molecule has 3 rings (SSSR count). The van der Waals surface area contributed by atoms with E-state index in [1.807, 2.05) is 0 Å². The second kappa shape index (κ2) is 6.25. The summed E-state index contributed by atoms with van der Waals surface area (Å²) in [5.41, 5.74) is -1.13. The Labute approximate surface area is 144 Å². The van der Waals surface area contributed by atoms with Crippen LogP contribution in [0.3, 0.4) is 0 Å². The Hall–Kier alpha value is -2.80. The van der Waals surface area contributed by atoms with Gasteiger partial charge in [0.05, 0.1) is 15.9 Å². The topological polar surface area (TPSA) is 62.0 Å². The van der Waals surface area contributed by atoms with E-state index in [1.54, 1.807) is 0 Å². The molecule has 3 aromatic rings. The normalized spacial score (nSPS) is 10.9. The molecule has 0 amide bonds. The molecule has 2 aromatic carbocycles. The lowest BCUT2D eigenvalue weighted by molar-refractivity contribution is 0.101. The van der Waals surface area contributed by atoms with Crippen LogP contribution < -0.4 is 10.7 Å². The first-order chi connectivity index (χ1) is 11.8. The van der Waals surface area contributed by atoms with Crippen LogP contribution in [0.1, 0.15) is 17.3 Å². The molecule has 0 saturated carbocycles. The number of halogens is 4. The van der Waals surface area contributed by atoms with Gasteiger partial charge in [-0.25, -0.2) is 13.2 Å². The molecule has 0 aliphatic carbocycles. The van der Waals surface area contributed by atoms with Crippen LogP contribution in [0.25, 0.3) is 10.9 Å². The smallest absolute Gasteiger partial charge is 0.205 e. The molecular weight excluding hydrogens is 357 g/mol. The molecule has 0 saturated heterocycles. The first-order valence-corrected chi connectivity index (χ1v) is 7.44. The summed E-state index contributed by atoms with van der Waals surface area (Å²) in [6.07, 6.45) is 0. The number of carbonyl (C=O) groups is 1. The molecule has 2 N–H and O–H groups in total. The summed E-state index contributed by atoms with van der Waals surface area (Å²) in [6, 6.07) is 5.24. The third-order valence-electron chi connectivity index (χ3n) is 3.60. The molecule has 1 aromatic heterocycles. The van der Waals surface area contributed by atoms with Gasteiger partial charge in [-0.15, -0.1) is 0 Å². The number of aromatic amines is 1. The van der Waals surface area contributed by atoms with Crippen molar-refractivity contribution >= 4 is 39.8 Å². The number of rotatable bonds is 3. The van der Waals surface area contributed by atoms with Gasteiger partial charge in [0.1, 0.15) is 17.2 Å². The number of hydrogen-bond acceptors (Lipinski definition) is 3. The maximum Gasteiger partial charge on any atom is 0.205 e. The van der Waals surface area contributed by atoms with Crippen LogP contribution in [-0.4, -0.2) is 10.8 Å². The Morgan fingerprint density at radius 1 is 1.08 bits per heavy atom. The number of hydrogen-bond donors (Lipinski definition) is 2. The third kappa shape index (κ3) is 2.98. The first-order valence-electron chi connectivity index (χ1n) is 7.06. The predicted molar refractivity (Wildman–Crippen MR) is 89.2 cm³/mol. The molecule has 25 heavy (non-hydrogen) atoms. The number of ketones is 1. The number of H-pyrrole nitrogens is 1. The van der Waals surface area contributed by atoms with Crippen LogP contribution in [0.4, 0.5) is 24.7 Å². The Bertz CT molecular complexity index is 1080. The Morgan fingerprint density at radius 2 is 1.76 bits per heavy atom. The molecule has 1 heterocycles. The van der Waals surface area contributed by atoms with Crippen LogP contribution in [0, 0.1) is 17.5 Å². The second-order valence-corrected chi connectivity index (χ2v) is 5.70. The summed E-state index contributed by atoms with van der Waals surface area (Å²) in [7, 11) is 0. The molecule has 0 bridgehead atoms. The number of Topliss-reactive ketones (excluding diaryl/α,β-unsaturated/α-hetero) is 1. The van der Waals surface area contributed by atoms with Crippen molar-refractivity contribution in [2.24, 2.45) is 0 Å². The van der Waals surface area contributed by atoms with Gasteiger partial charge >= 0.3 is 0 Å². The fraction of sp³-hybridized carbons (Fsp3) is 0.0588. The summed E-state index contributed by atoms with van der Waals surface area (Å²) in [4.78, 5) is 27.1. The van der Waals surface area contributed by atoms with Gasteiger partial charge in [0.15, 0.2) is 17.4 Å². The molecule has 0 fully saturated rings. The van der Waals surface area contributed by atoms with Crippen LogP contribution >= 0.6 is 11.6 Å². The van der Waals surface area contributed by atoms with Crippen molar-refractivity contribution in [3.63, 3.8) is 0 Å². The number of anilines is 2. The van der Waals surface area contributed by atoms with E-state index in [0.29, 0.717) is 0 Å². The first kappa shape index (κ1) is 17.0. The lowest BCUT2D eigenvalue weighted by Crippen LogP contribution is -2.18. The molecule has 0 atom stereocenters. The average molecular weight is 367 g/mol. The van der Waals surface area contributed by atoms with E-state index < -0.39 is 28.7 Å². The largest absolute Gasteiger partial charge is 0.341 e. The van der Waals surface area contributed by atoms with Gasteiger partial charge in [0.2, 0.25) is 5.43 Å². The van der Waals surface area contributed by atoms with Gasteiger partial charge in [0.25, 0.3) is 0 Å². The minimum atomic E-state index is -1.11. The SMILES string of the molecule is CC(=O)c1c(Nc2ccc(F)c(F)c2)[nH]c2c(Cl)ccc(F)c2c1=O. The third-order valence-corrected chi connectivity index (χ3v) is 3.91. The molecule has 128 valence electrons. The molecule has 0 aliphatic rings. The van der Waals surface area contributed by atoms with E-state index in [-0.39, 0.29) is 33.0 Å². The number of aromatic nitrogens is 1. The minimum absolute atomic E-state index is 0.0123. The van der Waals surface area contributed by atoms with Crippen LogP contribution in [0.2, 0.25) is 5.02 Å². The van der Waals surface area contributed by atoms with Crippen molar-refractivity contribution in [1.82, 2.24) is 4.98 Å². The monoisotopic (exact) mass is 366 g/mol. The molecular formula is C17H10ClF3N2O2. The highest BCUT2D eigenvalue weighted by atomic mass is 35.5. The molecule has 0 aliphatic heterocycles. The lowest BCUT2D eigenvalue weighted by Gasteiger charge is -2.13. The fourth-order valence-electron chi connectivity index (χ4n) is 2.47. The van der Waals surface area contributed by atoms with Crippen molar-refractivity contribution < 1.29 is 18.0 Å². The summed E-state index contributed by atoms with van der Waals surface area (Å²) >= 11 is 5.99. The van der Waals surface area contributed by atoms with Gasteiger partial charge < -0.3 is 10.3 Å². The lowest BCUT2D eigenvalue weighted by atomic mass is 10.1. The van der Waals surface area contributed by atoms with Gasteiger partial charge in [-0.2, -0.15) is 0 Å². The number of benzene rings is 2. The van der Waals surface area contributed by atoms with Crippen LogP contribution in [0.5, 0.6) is 0 Å². The van der Waals surface area contributed by atoms with Gasteiger partial charge in [-0.3, -0.25) is 9.59 Å². The van der Waals surface area contributed by atoms with Gasteiger partial charge in [-0.05, 0) is 31.2 Å². The maximum absolute atomic E-state index is 14.0. The van der Waals surface area contributed by atoms with Crippen LogP contribution in [0.15, 0.2) is 35.1 Å². The number of fused-ring (bicyclic) bond motifs is 1. The van der Waals surface area contributed by atoms with Gasteiger partial charge in [-0.1, -0.05) is 11.6 Å². The van der Waals surface area contributed by atoms with E-state index in [2.05, 4.69) is 10.3 Å². The standard InChI is InChI=1S/C17H10ClF3N2O2/c1-7(24)13-16(25)14-11(20)5-3-9(18)15(14)23-17(13)22-8-2-4-10(19)12(21)6-8/h2-6H,1H3,(H2,22,23,25). The van der Waals surface area contributed by atoms with E-state index in [4.69, 9.17) is 11.6 Å². The van der Waals surface area contributed by atoms with Crippen LogP contribution in [-0.2, 0) is 0 Å². The predicted octanol–water partition coefficient (Wildman–Crippen LogP) is 4.55. The Kier molecular flexibility index (Phi) is 4.26. The zero-order chi connectivity index (χ0) is 18.3. The van der Waals surface area contributed by atoms with Crippen molar-refractivity contribution in [1.29, 1.82) is 0 Å². The Balaban J connectivity index is 2.28. The minimum Gasteiger partial charge on any atom is -0.341 e. The van der Waals surface area contributed by atoms with E-state index >= 15 is 0 Å². The summed E-state index contributed by atoms with van der Waals surface area (Å²) in [5.74, 6) is -3.71. The fourth-order valence-corrected chi connectivity index (χ4v) is 2.67. The van der Waals surface area contributed by atoms with E-state index in [9.17, 15) is 22.8 Å². The number of carbonyl (C=O) groups excluding carboxylic acids is 1. The molecule has 4 nitrogen and oxygen atoms in total. The number of nitrogens with one attached hydrogen (secondary N) is 2. The van der Waals surface area contributed by atoms with Gasteiger partial charge in [0, 0.05) is 11.8 Å². The summed E-state index contributed by atoms with van der Waals surface area (Å²) in [6.45, 7) is 1.13. The second-order valence-electron chi connectivity index (χ2n) is 5.29. The van der Waals surface area contributed by atoms with E-state index in [1.165, 1.54) is 12.1 Å². The van der Waals surface area contributed by atoms with Crippen molar-refractivity contribution in [2.45, 2.75) is 6.92 Å². The maximum atomic E-state index is 14.0. The average Bonchev–Trinajstić information content (AvgIpc) is 2.54. The number of pyridine rings is 1. The zero-order valence-corrected chi connectivity index (χ0v) is 13.5. The summed E-state index contributed by atoms with van der Waals surface area (Å²) < 4.78 is 40.4. The quantitative estimate of drug-likeness (QED) is 0.669. The summed E-state index contributed by atoms with van der Waals surface area (Å²) in [5, 5.41) is 2.35. The van der Waals surface area contributed by atoms with Crippen molar-refractivity contribution in [3.05, 3.63) is 68.6 Å². The Morgan fingerprint density at radius 3 is 2.40 bits per heavy atom. The highest BCUT2D eigenvalue weighted by Crippen LogP contribution is 2.27. The highest BCUT2D eigenvalue weighted by molar-refractivity contribution is 6.35. The highest BCUT2D eigenvalue weighted by Gasteiger charge is 2.20.